The van der Waals surface area contributed by atoms with Gasteiger partial charge in [-0.05, 0) is 12.2 Å². The van der Waals surface area contributed by atoms with Crippen LogP contribution in [0.1, 0.15) is 0 Å². The van der Waals surface area contributed by atoms with Gasteiger partial charge in [-0.15, -0.1) is 0 Å². The monoisotopic (exact) mass is 195 g/mol. The molecule has 0 radical (unpaired) electrons. The van der Waals surface area contributed by atoms with Crippen molar-refractivity contribution in [2.45, 2.75) is 6.04 Å². The summed E-state index contributed by atoms with van der Waals surface area (Å²) in [5, 5.41) is 19.2. The third kappa shape index (κ3) is 5.00. The van der Waals surface area contributed by atoms with Crippen LogP contribution >= 0.6 is 24.8 Å². The molecule has 11 heavy (non-hydrogen) atoms. The van der Waals surface area contributed by atoms with E-state index in [1.54, 1.807) is 0 Å². The first-order valence-electron chi connectivity index (χ1n) is 2.86. The highest BCUT2D eigenvalue weighted by atomic mass is 32.1. The zero-order chi connectivity index (χ0) is 8.85. The number of carboxylic acids is 1. The van der Waals surface area contributed by atoms with E-state index < -0.39 is 12.0 Å². The van der Waals surface area contributed by atoms with Crippen LogP contribution in [-0.4, -0.2) is 39.6 Å². The SMILES string of the molecule is O=C(O)CN[C@@H](CS)C(O)=S. The van der Waals surface area contributed by atoms with Crippen LogP contribution in [0, 0.1) is 0 Å². The zero-order valence-electron chi connectivity index (χ0n) is 5.65. The van der Waals surface area contributed by atoms with Crippen molar-refractivity contribution in [2.24, 2.45) is 0 Å². The number of nitrogens with one attached hydrogen (secondary N) is 1. The minimum absolute atomic E-state index is 0.230. The highest BCUT2D eigenvalue weighted by Gasteiger charge is 2.11. The summed E-state index contributed by atoms with van der Waals surface area (Å²) in [6.45, 7) is -0.230. The number of thiol groups is 1. The zero-order valence-corrected chi connectivity index (χ0v) is 7.36. The highest BCUT2D eigenvalue weighted by Crippen LogP contribution is 1.89. The van der Waals surface area contributed by atoms with Gasteiger partial charge in [0.15, 0.2) is 5.05 Å². The predicted octanol–water partition coefficient (Wildman–Crippen LogP) is -0.156. The fourth-order valence-electron chi connectivity index (χ4n) is 0.440. The van der Waals surface area contributed by atoms with E-state index in [9.17, 15) is 4.79 Å². The summed E-state index contributed by atoms with van der Waals surface area (Å²) in [7, 11) is 0. The van der Waals surface area contributed by atoms with E-state index in [-0.39, 0.29) is 17.3 Å². The van der Waals surface area contributed by atoms with Gasteiger partial charge in [0.2, 0.25) is 0 Å². The lowest BCUT2D eigenvalue weighted by Gasteiger charge is -2.10. The molecule has 1 atom stereocenters. The van der Waals surface area contributed by atoms with Gasteiger partial charge in [0.05, 0.1) is 12.6 Å². The second-order valence-corrected chi connectivity index (χ2v) is 2.63. The second kappa shape index (κ2) is 5.34. The third-order valence-electron chi connectivity index (χ3n) is 0.980. The molecular weight excluding hydrogens is 186 g/mol. The Labute approximate surface area is 75.0 Å². The van der Waals surface area contributed by atoms with Gasteiger partial charge in [-0.3, -0.25) is 10.1 Å². The van der Waals surface area contributed by atoms with Gasteiger partial charge < -0.3 is 10.2 Å². The number of hydrogen-bond acceptors (Lipinski definition) is 4. The van der Waals surface area contributed by atoms with Gasteiger partial charge in [-0.25, -0.2) is 0 Å². The minimum atomic E-state index is -0.993. The van der Waals surface area contributed by atoms with Crippen molar-refractivity contribution in [3.8, 4) is 0 Å². The Kier molecular flexibility index (Phi) is 5.18. The van der Waals surface area contributed by atoms with Crippen molar-refractivity contribution in [3.63, 3.8) is 0 Å². The number of carbonyl (C=O) groups is 1. The maximum absolute atomic E-state index is 10.0. The molecule has 0 bridgehead atoms. The van der Waals surface area contributed by atoms with Gasteiger partial charge >= 0.3 is 5.97 Å². The standard InChI is InChI=1S/C5H9NO3S2/c7-4(8)1-6-3(2-10)5(9)11/h3,6,10H,1-2H2,(H,7,8)(H,9,11)/t3-/m0/s1. The fraction of sp³-hybridized carbons (Fsp3) is 0.600. The van der Waals surface area contributed by atoms with Crippen molar-refractivity contribution < 1.29 is 15.0 Å². The summed E-state index contributed by atoms with van der Waals surface area (Å²) in [5.74, 6) is -0.712. The Hall–Kier alpha value is -0.330. The largest absolute Gasteiger partial charge is 0.501 e. The van der Waals surface area contributed by atoms with Crippen molar-refractivity contribution in [3.05, 3.63) is 0 Å². The normalized spacial score (nSPS) is 12.5. The summed E-state index contributed by atoms with van der Waals surface area (Å²) >= 11 is 8.27. The average molecular weight is 195 g/mol. The molecule has 0 aromatic rings. The Bertz CT molecular complexity index is 162. The number of carboxylic acid groups (broad SMARTS) is 1. The third-order valence-corrected chi connectivity index (χ3v) is 1.63. The number of thiocarbonyl (C=S) groups is 1. The van der Waals surface area contributed by atoms with E-state index in [1.165, 1.54) is 0 Å². The summed E-state index contributed by atoms with van der Waals surface area (Å²) in [6.07, 6.45) is 0. The summed E-state index contributed by atoms with van der Waals surface area (Å²) < 4.78 is 0. The second-order valence-electron chi connectivity index (χ2n) is 1.85. The molecule has 0 fully saturated rings. The Morgan fingerprint density at radius 2 is 2.18 bits per heavy atom. The van der Waals surface area contributed by atoms with E-state index in [4.69, 9.17) is 10.2 Å². The van der Waals surface area contributed by atoms with Crippen LogP contribution in [0.15, 0.2) is 0 Å². The van der Waals surface area contributed by atoms with Gasteiger partial charge in [-0.1, -0.05) is 0 Å². The van der Waals surface area contributed by atoms with Crippen molar-refractivity contribution in [1.82, 2.24) is 5.32 Å². The molecule has 3 N–H and O–H groups in total. The van der Waals surface area contributed by atoms with Crippen molar-refractivity contribution >= 4 is 35.9 Å². The molecule has 0 unspecified atom stereocenters. The first-order valence-corrected chi connectivity index (χ1v) is 3.91. The van der Waals surface area contributed by atoms with Crippen LogP contribution in [0.2, 0.25) is 0 Å². The van der Waals surface area contributed by atoms with Gasteiger partial charge in [-0.2, -0.15) is 12.6 Å². The van der Waals surface area contributed by atoms with Gasteiger partial charge in [0, 0.05) is 5.75 Å². The summed E-state index contributed by atoms with van der Waals surface area (Å²) in [6, 6.07) is -0.524. The number of aliphatic carboxylic acids is 1. The minimum Gasteiger partial charge on any atom is -0.501 e. The number of hydrogen-bond donors (Lipinski definition) is 4. The average Bonchev–Trinajstić information content (AvgIpc) is 1.87. The maximum Gasteiger partial charge on any atom is 0.317 e. The van der Waals surface area contributed by atoms with Crippen LogP contribution in [0.25, 0.3) is 0 Å². The summed E-state index contributed by atoms with van der Waals surface area (Å²) in [5.41, 5.74) is 0. The molecule has 0 aliphatic carbocycles. The highest BCUT2D eigenvalue weighted by molar-refractivity contribution is 7.81. The van der Waals surface area contributed by atoms with Crippen molar-refractivity contribution in [1.29, 1.82) is 0 Å². The lowest BCUT2D eigenvalue weighted by Crippen LogP contribution is -2.40. The lowest BCUT2D eigenvalue weighted by molar-refractivity contribution is -0.136. The van der Waals surface area contributed by atoms with Crippen LogP contribution in [0.3, 0.4) is 0 Å². The van der Waals surface area contributed by atoms with Crippen molar-refractivity contribution in [2.75, 3.05) is 12.3 Å². The lowest BCUT2D eigenvalue weighted by atomic mass is 10.3. The molecule has 0 aliphatic heterocycles. The first kappa shape index (κ1) is 10.7. The van der Waals surface area contributed by atoms with Gasteiger partial charge in [0.25, 0.3) is 0 Å². The maximum atomic E-state index is 10.0. The molecule has 0 rings (SSSR count). The quantitative estimate of drug-likeness (QED) is 0.363. The summed E-state index contributed by atoms with van der Waals surface area (Å²) in [4.78, 5) is 10.0. The Morgan fingerprint density at radius 1 is 1.64 bits per heavy atom. The van der Waals surface area contributed by atoms with Crippen LogP contribution in [0.4, 0.5) is 0 Å². The van der Waals surface area contributed by atoms with Crippen LogP contribution in [-0.2, 0) is 4.79 Å². The molecule has 6 heteroatoms. The van der Waals surface area contributed by atoms with E-state index in [0.717, 1.165) is 0 Å². The number of aliphatic hydroxyl groups is 1. The molecule has 4 nitrogen and oxygen atoms in total. The Balaban J connectivity index is 3.70. The molecule has 0 amide bonds. The van der Waals surface area contributed by atoms with E-state index in [1.807, 2.05) is 0 Å². The smallest absolute Gasteiger partial charge is 0.317 e. The number of aliphatic hydroxyl groups excluding tert-OH is 1. The van der Waals surface area contributed by atoms with E-state index in [0.29, 0.717) is 0 Å². The van der Waals surface area contributed by atoms with Crippen LogP contribution < -0.4 is 5.32 Å². The molecule has 0 aliphatic rings. The fourth-order valence-corrected chi connectivity index (χ4v) is 1.03. The molecule has 0 aromatic heterocycles. The first-order chi connectivity index (χ1) is 5.07. The Morgan fingerprint density at radius 3 is 2.45 bits per heavy atom. The van der Waals surface area contributed by atoms with Gasteiger partial charge in [0.1, 0.15) is 0 Å². The molecule has 0 saturated carbocycles. The molecule has 64 valence electrons. The van der Waals surface area contributed by atoms with E-state index in [2.05, 4.69) is 30.2 Å². The topological polar surface area (TPSA) is 69.6 Å². The molecule has 0 spiro atoms. The van der Waals surface area contributed by atoms with E-state index >= 15 is 0 Å². The molecular formula is C5H9NO3S2. The molecule has 0 saturated heterocycles. The molecule has 0 aromatic carbocycles. The predicted molar refractivity (Wildman–Crippen MR) is 48.5 cm³/mol. The van der Waals surface area contributed by atoms with Crippen LogP contribution in [0.5, 0.6) is 0 Å². The molecule has 0 heterocycles. The number of rotatable bonds is 5.